The summed E-state index contributed by atoms with van der Waals surface area (Å²) in [6.07, 6.45) is -3.82. The first kappa shape index (κ1) is 13.3. The first-order valence-corrected chi connectivity index (χ1v) is 4.89. The van der Waals surface area contributed by atoms with E-state index in [1.54, 1.807) is 6.07 Å². The van der Waals surface area contributed by atoms with E-state index < -0.39 is 12.6 Å². The molecule has 0 saturated carbocycles. The SMILES string of the molecule is N=C(N)c1cccnc1OCCCC(F)(F)F. The number of nitrogen functional groups attached to an aromatic ring is 1. The van der Waals surface area contributed by atoms with E-state index in [0.717, 1.165) is 0 Å². The molecule has 7 heteroatoms. The second-order valence-electron chi connectivity index (χ2n) is 3.34. The van der Waals surface area contributed by atoms with Crippen molar-refractivity contribution in [2.45, 2.75) is 19.0 Å². The lowest BCUT2D eigenvalue weighted by molar-refractivity contribution is -0.136. The van der Waals surface area contributed by atoms with Crippen LogP contribution in [0.5, 0.6) is 5.88 Å². The molecule has 94 valence electrons. The maximum absolute atomic E-state index is 11.9. The fourth-order valence-electron chi connectivity index (χ4n) is 1.15. The highest BCUT2D eigenvalue weighted by molar-refractivity contribution is 5.96. The minimum atomic E-state index is -4.18. The van der Waals surface area contributed by atoms with E-state index in [9.17, 15) is 13.2 Å². The predicted molar refractivity (Wildman–Crippen MR) is 56.0 cm³/mol. The van der Waals surface area contributed by atoms with Gasteiger partial charge < -0.3 is 10.5 Å². The van der Waals surface area contributed by atoms with Gasteiger partial charge in [-0.2, -0.15) is 13.2 Å². The average molecular weight is 247 g/mol. The van der Waals surface area contributed by atoms with Gasteiger partial charge in [0.15, 0.2) is 0 Å². The van der Waals surface area contributed by atoms with Crippen LogP contribution in [0.2, 0.25) is 0 Å². The highest BCUT2D eigenvalue weighted by atomic mass is 19.4. The molecule has 17 heavy (non-hydrogen) atoms. The van der Waals surface area contributed by atoms with Crippen molar-refractivity contribution in [3.8, 4) is 5.88 Å². The van der Waals surface area contributed by atoms with Gasteiger partial charge in [-0.05, 0) is 18.6 Å². The summed E-state index contributed by atoms with van der Waals surface area (Å²) in [5, 5.41) is 7.23. The Kier molecular flexibility index (Phi) is 4.30. The Morgan fingerprint density at radius 2 is 2.18 bits per heavy atom. The number of pyridine rings is 1. The number of amidine groups is 1. The third kappa shape index (κ3) is 4.71. The molecule has 0 radical (unpaired) electrons. The molecule has 0 aromatic carbocycles. The summed E-state index contributed by atoms with van der Waals surface area (Å²) in [4.78, 5) is 3.81. The molecule has 0 aliphatic heterocycles. The van der Waals surface area contributed by atoms with Gasteiger partial charge in [0.05, 0.1) is 12.2 Å². The van der Waals surface area contributed by atoms with Gasteiger partial charge >= 0.3 is 6.18 Å². The molecule has 0 unspecified atom stereocenters. The highest BCUT2D eigenvalue weighted by Crippen LogP contribution is 2.21. The molecule has 1 aromatic heterocycles. The summed E-state index contributed by atoms with van der Waals surface area (Å²) < 4.78 is 40.7. The number of nitrogens with one attached hydrogen (secondary N) is 1. The molecule has 1 heterocycles. The van der Waals surface area contributed by atoms with E-state index >= 15 is 0 Å². The summed E-state index contributed by atoms with van der Waals surface area (Å²) in [6.45, 7) is -0.114. The Labute approximate surface area is 96.1 Å². The molecule has 0 aliphatic rings. The minimum absolute atomic E-state index is 0.0853. The van der Waals surface area contributed by atoms with Crippen LogP contribution in [-0.2, 0) is 0 Å². The van der Waals surface area contributed by atoms with Gasteiger partial charge in [0.2, 0.25) is 5.88 Å². The van der Waals surface area contributed by atoms with Crippen LogP contribution in [0.4, 0.5) is 13.2 Å². The molecule has 0 bridgehead atoms. The van der Waals surface area contributed by atoms with Gasteiger partial charge in [-0.25, -0.2) is 4.98 Å². The summed E-state index contributed by atoms with van der Waals surface area (Å²) in [7, 11) is 0. The minimum Gasteiger partial charge on any atom is -0.477 e. The van der Waals surface area contributed by atoms with Crippen LogP contribution in [-0.4, -0.2) is 23.6 Å². The zero-order valence-corrected chi connectivity index (χ0v) is 8.92. The van der Waals surface area contributed by atoms with E-state index in [0.29, 0.717) is 0 Å². The van der Waals surface area contributed by atoms with Gasteiger partial charge in [0.1, 0.15) is 5.84 Å². The first-order valence-electron chi connectivity index (χ1n) is 4.89. The van der Waals surface area contributed by atoms with E-state index in [1.165, 1.54) is 12.3 Å². The van der Waals surface area contributed by atoms with Crippen molar-refractivity contribution in [2.24, 2.45) is 5.73 Å². The molecule has 0 saturated heterocycles. The number of nitrogens with zero attached hydrogens (tertiary/aromatic N) is 1. The van der Waals surface area contributed by atoms with Crippen LogP contribution in [0.3, 0.4) is 0 Å². The van der Waals surface area contributed by atoms with Crippen LogP contribution in [0.15, 0.2) is 18.3 Å². The van der Waals surface area contributed by atoms with Crippen LogP contribution >= 0.6 is 0 Å². The van der Waals surface area contributed by atoms with Gasteiger partial charge in [-0.3, -0.25) is 5.41 Å². The maximum atomic E-state index is 11.9. The third-order valence-electron chi connectivity index (χ3n) is 1.90. The van der Waals surface area contributed by atoms with E-state index in [1.807, 2.05) is 0 Å². The zero-order chi connectivity index (χ0) is 12.9. The Morgan fingerprint density at radius 1 is 1.47 bits per heavy atom. The number of hydrogen-bond donors (Lipinski definition) is 2. The normalized spacial score (nSPS) is 11.2. The standard InChI is InChI=1S/C10H12F3N3O/c11-10(12,13)4-2-6-17-9-7(8(14)15)3-1-5-16-9/h1,3,5H,2,4,6H2,(H3,14,15). The maximum Gasteiger partial charge on any atom is 0.389 e. The average Bonchev–Trinajstić information content (AvgIpc) is 2.23. The number of alkyl halides is 3. The van der Waals surface area contributed by atoms with Gasteiger partial charge in [0.25, 0.3) is 0 Å². The van der Waals surface area contributed by atoms with E-state index in [4.69, 9.17) is 15.9 Å². The number of aromatic nitrogens is 1. The largest absolute Gasteiger partial charge is 0.477 e. The van der Waals surface area contributed by atoms with Crippen molar-refractivity contribution >= 4 is 5.84 Å². The number of ether oxygens (including phenoxy) is 1. The molecule has 0 fully saturated rings. The number of rotatable bonds is 5. The van der Waals surface area contributed by atoms with Crippen molar-refractivity contribution in [2.75, 3.05) is 6.61 Å². The number of hydrogen-bond acceptors (Lipinski definition) is 3. The first-order chi connectivity index (χ1) is 7.90. The summed E-state index contributed by atoms with van der Waals surface area (Å²) in [6, 6.07) is 3.09. The molecule has 0 atom stereocenters. The Hall–Kier alpha value is -1.79. The molecule has 4 nitrogen and oxygen atoms in total. The fraction of sp³-hybridized carbons (Fsp3) is 0.400. The molecular formula is C10H12F3N3O. The topological polar surface area (TPSA) is 72.0 Å². The molecule has 0 spiro atoms. The molecule has 3 N–H and O–H groups in total. The molecular weight excluding hydrogens is 235 g/mol. The second kappa shape index (κ2) is 5.51. The second-order valence-corrected chi connectivity index (χ2v) is 3.34. The molecule has 1 rings (SSSR count). The fourth-order valence-corrected chi connectivity index (χ4v) is 1.15. The van der Waals surface area contributed by atoms with Crippen molar-refractivity contribution in [3.63, 3.8) is 0 Å². The van der Waals surface area contributed by atoms with E-state index in [-0.39, 0.29) is 30.3 Å². The summed E-state index contributed by atoms with van der Waals surface area (Å²) in [5.74, 6) is -0.147. The summed E-state index contributed by atoms with van der Waals surface area (Å²) >= 11 is 0. The monoisotopic (exact) mass is 247 g/mol. The third-order valence-corrected chi connectivity index (χ3v) is 1.90. The molecule has 0 amide bonds. The van der Waals surface area contributed by atoms with Gasteiger partial charge in [-0.1, -0.05) is 0 Å². The predicted octanol–water partition coefficient (Wildman–Crippen LogP) is 2.09. The van der Waals surface area contributed by atoms with Gasteiger partial charge in [-0.15, -0.1) is 0 Å². The number of nitrogens with two attached hydrogens (primary N) is 1. The Bertz CT molecular complexity index is 393. The van der Waals surface area contributed by atoms with Crippen molar-refractivity contribution < 1.29 is 17.9 Å². The van der Waals surface area contributed by atoms with E-state index in [2.05, 4.69) is 4.98 Å². The lowest BCUT2D eigenvalue weighted by Crippen LogP contribution is -2.15. The summed E-state index contributed by atoms with van der Waals surface area (Å²) in [5.41, 5.74) is 5.55. The van der Waals surface area contributed by atoms with Crippen molar-refractivity contribution in [3.05, 3.63) is 23.9 Å². The van der Waals surface area contributed by atoms with Crippen LogP contribution < -0.4 is 10.5 Å². The zero-order valence-electron chi connectivity index (χ0n) is 8.92. The number of halogens is 3. The van der Waals surface area contributed by atoms with Gasteiger partial charge in [0, 0.05) is 12.6 Å². The van der Waals surface area contributed by atoms with Crippen molar-refractivity contribution in [1.82, 2.24) is 4.98 Å². The van der Waals surface area contributed by atoms with Crippen LogP contribution in [0, 0.1) is 5.41 Å². The lowest BCUT2D eigenvalue weighted by Gasteiger charge is -2.09. The smallest absolute Gasteiger partial charge is 0.389 e. The Balaban J connectivity index is 2.49. The quantitative estimate of drug-likeness (QED) is 0.475. The lowest BCUT2D eigenvalue weighted by atomic mass is 10.2. The van der Waals surface area contributed by atoms with Crippen LogP contribution in [0.25, 0.3) is 0 Å². The highest BCUT2D eigenvalue weighted by Gasteiger charge is 2.26. The Morgan fingerprint density at radius 3 is 2.76 bits per heavy atom. The van der Waals surface area contributed by atoms with Crippen LogP contribution in [0.1, 0.15) is 18.4 Å². The molecule has 1 aromatic rings. The van der Waals surface area contributed by atoms with Crippen molar-refractivity contribution in [1.29, 1.82) is 5.41 Å². The molecule has 0 aliphatic carbocycles.